The smallest absolute Gasteiger partial charge is 0.0679 e. The summed E-state index contributed by atoms with van der Waals surface area (Å²) in [6.45, 7) is 7.11. The van der Waals surface area contributed by atoms with Crippen LogP contribution in [0, 0.1) is 13.8 Å². The van der Waals surface area contributed by atoms with E-state index in [0.717, 1.165) is 26.1 Å². The molecule has 0 unspecified atom stereocenters. The summed E-state index contributed by atoms with van der Waals surface area (Å²) >= 11 is 0. The highest BCUT2D eigenvalue weighted by molar-refractivity contribution is 5.29. The lowest BCUT2D eigenvalue weighted by Crippen LogP contribution is -2.21. The number of hydrogen-bond acceptors (Lipinski definition) is 2. The number of benzene rings is 1. The zero-order chi connectivity index (χ0) is 10.8. The minimum atomic E-state index is -0.114. The van der Waals surface area contributed by atoms with E-state index in [-0.39, 0.29) is 6.10 Å². The van der Waals surface area contributed by atoms with Crippen molar-refractivity contribution in [2.75, 3.05) is 13.1 Å². The van der Waals surface area contributed by atoms with E-state index in [9.17, 15) is 5.11 Å². The van der Waals surface area contributed by atoms with Gasteiger partial charge in [0.1, 0.15) is 0 Å². The van der Waals surface area contributed by atoms with Crippen LogP contribution in [0.1, 0.15) is 23.1 Å². The summed E-state index contributed by atoms with van der Waals surface area (Å²) in [6.07, 6.45) is 0.807. The molecule has 1 aliphatic heterocycles. The molecule has 1 atom stereocenters. The Morgan fingerprint density at radius 3 is 2.73 bits per heavy atom. The van der Waals surface area contributed by atoms with Crippen LogP contribution in [0.3, 0.4) is 0 Å². The van der Waals surface area contributed by atoms with Gasteiger partial charge in [0.2, 0.25) is 0 Å². The number of aliphatic hydroxyl groups excluding tert-OH is 1. The van der Waals surface area contributed by atoms with Gasteiger partial charge in [-0.05, 0) is 37.0 Å². The molecule has 0 saturated carbocycles. The highest BCUT2D eigenvalue weighted by atomic mass is 16.3. The summed E-state index contributed by atoms with van der Waals surface area (Å²) in [5.74, 6) is 0. The molecule has 0 spiro atoms. The average Bonchev–Trinajstić information content (AvgIpc) is 2.58. The van der Waals surface area contributed by atoms with Gasteiger partial charge in [-0.15, -0.1) is 0 Å². The second-order valence-electron chi connectivity index (χ2n) is 4.60. The lowest BCUT2D eigenvalue weighted by molar-refractivity contribution is 0.175. The minimum absolute atomic E-state index is 0.114. The van der Waals surface area contributed by atoms with Crippen LogP contribution in [0.15, 0.2) is 18.2 Å². The van der Waals surface area contributed by atoms with Gasteiger partial charge < -0.3 is 5.11 Å². The molecular weight excluding hydrogens is 186 g/mol. The molecule has 2 heteroatoms. The first-order valence-corrected chi connectivity index (χ1v) is 5.61. The Hall–Kier alpha value is -0.860. The van der Waals surface area contributed by atoms with Gasteiger partial charge in [-0.3, -0.25) is 4.90 Å². The third kappa shape index (κ3) is 2.58. The van der Waals surface area contributed by atoms with Crippen molar-refractivity contribution < 1.29 is 5.11 Å². The average molecular weight is 205 g/mol. The van der Waals surface area contributed by atoms with Crippen molar-refractivity contribution in [1.82, 2.24) is 4.90 Å². The Labute approximate surface area is 91.5 Å². The van der Waals surface area contributed by atoms with Gasteiger partial charge in [0, 0.05) is 19.6 Å². The molecule has 1 aromatic carbocycles. The van der Waals surface area contributed by atoms with E-state index in [1.807, 2.05) is 0 Å². The molecule has 0 amide bonds. The van der Waals surface area contributed by atoms with Crippen LogP contribution in [0.25, 0.3) is 0 Å². The van der Waals surface area contributed by atoms with E-state index < -0.39 is 0 Å². The SMILES string of the molecule is Cc1ccc(CN2CC[C@H](O)C2)cc1C. The van der Waals surface area contributed by atoms with Gasteiger partial charge in [0.05, 0.1) is 6.10 Å². The first kappa shape index (κ1) is 10.7. The molecule has 1 fully saturated rings. The molecule has 2 nitrogen and oxygen atoms in total. The highest BCUT2D eigenvalue weighted by Crippen LogP contribution is 2.15. The first-order valence-electron chi connectivity index (χ1n) is 5.61. The van der Waals surface area contributed by atoms with Crippen molar-refractivity contribution >= 4 is 0 Å². The maximum absolute atomic E-state index is 9.43. The summed E-state index contributed by atoms with van der Waals surface area (Å²) in [5, 5.41) is 9.43. The van der Waals surface area contributed by atoms with Crippen LogP contribution in [0.5, 0.6) is 0 Å². The zero-order valence-electron chi connectivity index (χ0n) is 9.53. The van der Waals surface area contributed by atoms with Crippen LogP contribution in [-0.2, 0) is 6.54 Å². The van der Waals surface area contributed by atoms with E-state index in [1.165, 1.54) is 16.7 Å². The number of aliphatic hydroxyl groups is 1. The topological polar surface area (TPSA) is 23.5 Å². The molecule has 1 N–H and O–H groups in total. The summed E-state index contributed by atoms with van der Waals surface area (Å²) < 4.78 is 0. The quantitative estimate of drug-likeness (QED) is 0.796. The number of likely N-dealkylation sites (tertiary alicyclic amines) is 1. The largest absolute Gasteiger partial charge is 0.392 e. The summed E-state index contributed by atoms with van der Waals surface area (Å²) in [7, 11) is 0. The van der Waals surface area contributed by atoms with E-state index in [0.29, 0.717) is 0 Å². The lowest BCUT2D eigenvalue weighted by atomic mass is 10.1. The van der Waals surface area contributed by atoms with Gasteiger partial charge in [-0.1, -0.05) is 18.2 Å². The van der Waals surface area contributed by atoms with E-state index in [4.69, 9.17) is 0 Å². The Bertz CT molecular complexity index is 348. The fourth-order valence-corrected chi connectivity index (χ4v) is 2.12. The lowest BCUT2D eigenvalue weighted by Gasteiger charge is -2.15. The Balaban J connectivity index is 2.02. The number of rotatable bonds is 2. The van der Waals surface area contributed by atoms with Crippen molar-refractivity contribution in [1.29, 1.82) is 0 Å². The van der Waals surface area contributed by atoms with E-state index >= 15 is 0 Å². The Morgan fingerprint density at radius 1 is 1.33 bits per heavy atom. The predicted molar refractivity (Wildman–Crippen MR) is 61.8 cm³/mol. The summed E-state index contributed by atoms with van der Waals surface area (Å²) in [6, 6.07) is 6.62. The fraction of sp³-hybridized carbons (Fsp3) is 0.538. The van der Waals surface area contributed by atoms with Crippen molar-refractivity contribution in [3.05, 3.63) is 34.9 Å². The van der Waals surface area contributed by atoms with Crippen molar-refractivity contribution in [2.45, 2.75) is 32.9 Å². The third-order valence-electron chi connectivity index (χ3n) is 3.22. The van der Waals surface area contributed by atoms with Crippen molar-refractivity contribution in [2.24, 2.45) is 0 Å². The highest BCUT2D eigenvalue weighted by Gasteiger charge is 2.19. The summed E-state index contributed by atoms with van der Waals surface area (Å²) in [4.78, 5) is 2.31. The zero-order valence-corrected chi connectivity index (χ0v) is 9.53. The minimum Gasteiger partial charge on any atom is -0.392 e. The fourth-order valence-electron chi connectivity index (χ4n) is 2.12. The molecule has 1 aliphatic rings. The van der Waals surface area contributed by atoms with E-state index in [1.54, 1.807) is 0 Å². The second kappa shape index (κ2) is 4.33. The monoisotopic (exact) mass is 205 g/mol. The standard InChI is InChI=1S/C13H19NO/c1-10-3-4-12(7-11(10)2)8-14-6-5-13(15)9-14/h3-4,7,13,15H,5-6,8-9H2,1-2H3/t13-/m0/s1. The van der Waals surface area contributed by atoms with Crippen LogP contribution < -0.4 is 0 Å². The van der Waals surface area contributed by atoms with Gasteiger partial charge in [-0.2, -0.15) is 0 Å². The molecule has 1 saturated heterocycles. The normalized spacial score (nSPS) is 22.2. The summed E-state index contributed by atoms with van der Waals surface area (Å²) in [5.41, 5.74) is 4.06. The molecule has 15 heavy (non-hydrogen) atoms. The third-order valence-corrected chi connectivity index (χ3v) is 3.22. The molecule has 1 heterocycles. The number of nitrogens with zero attached hydrogens (tertiary/aromatic N) is 1. The van der Waals surface area contributed by atoms with Crippen LogP contribution in [0.4, 0.5) is 0 Å². The van der Waals surface area contributed by atoms with Crippen molar-refractivity contribution in [3.63, 3.8) is 0 Å². The van der Waals surface area contributed by atoms with Gasteiger partial charge in [-0.25, -0.2) is 0 Å². The first-order chi connectivity index (χ1) is 7.15. The van der Waals surface area contributed by atoms with E-state index in [2.05, 4.69) is 36.9 Å². The number of β-amino-alcohol motifs (C(OH)–C–C–N with tert-alkyl or cyclic N) is 1. The van der Waals surface area contributed by atoms with Crippen LogP contribution in [0.2, 0.25) is 0 Å². The Kier molecular flexibility index (Phi) is 3.08. The molecule has 82 valence electrons. The molecule has 0 aliphatic carbocycles. The predicted octanol–water partition coefficient (Wildman–Crippen LogP) is 1.87. The molecular formula is C13H19NO. The van der Waals surface area contributed by atoms with Gasteiger partial charge in [0.15, 0.2) is 0 Å². The molecule has 1 aromatic rings. The van der Waals surface area contributed by atoms with Crippen LogP contribution >= 0.6 is 0 Å². The van der Waals surface area contributed by atoms with Crippen LogP contribution in [-0.4, -0.2) is 29.2 Å². The van der Waals surface area contributed by atoms with Gasteiger partial charge in [0.25, 0.3) is 0 Å². The molecule has 2 rings (SSSR count). The Morgan fingerprint density at radius 2 is 2.13 bits per heavy atom. The number of aryl methyl sites for hydroxylation is 2. The molecule has 0 radical (unpaired) electrons. The maximum atomic E-state index is 9.43. The second-order valence-corrected chi connectivity index (χ2v) is 4.60. The maximum Gasteiger partial charge on any atom is 0.0679 e. The molecule has 0 aromatic heterocycles. The molecule has 0 bridgehead atoms. The van der Waals surface area contributed by atoms with Gasteiger partial charge >= 0.3 is 0 Å². The number of hydrogen-bond donors (Lipinski definition) is 1. The van der Waals surface area contributed by atoms with Crippen molar-refractivity contribution in [3.8, 4) is 0 Å².